The third-order valence-corrected chi connectivity index (χ3v) is 22.6. The third kappa shape index (κ3) is 43.1. The van der Waals surface area contributed by atoms with Gasteiger partial charge in [-0.25, -0.2) is 9.59 Å². The van der Waals surface area contributed by atoms with Crippen LogP contribution in [0.5, 0.6) is 0 Å². The number of methoxy groups -OCH3 is 1. The Hall–Kier alpha value is -5.45. The monoisotopic (exact) mass is 1690 g/mol. The first-order valence-corrected chi connectivity index (χ1v) is 45.2. The largest absolute Gasteiger partial charge is 0.395 e. The minimum atomic E-state index is -0.302. The molecule has 3 N–H and O–H groups in total. The highest BCUT2D eigenvalue weighted by atomic mass is 16.5. The van der Waals surface area contributed by atoms with Gasteiger partial charge in [0.1, 0.15) is 32.5 Å². The summed E-state index contributed by atoms with van der Waals surface area (Å²) in [6.45, 7) is 73.2. The zero-order valence-electron chi connectivity index (χ0n) is 78.7. The Morgan fingerprint density at radius 1 is 0.454 bits per heavy atom. The van der Waals surface area contributed by atoms with Gasteiger partial charge in [-0.05, 0) is 183 Å². The van der Waals surface area contributed by atoms with Gasteiger partial charge in [0.25, 0.3) is 5.91 Å². The van der Waals surface area contributed by atoms with Crippen molar-refractivity contribution in [1.29, 1.82) is 0 Å². The Kier molecular flexibility index (Phi) is 53.1. The minimum absolute atomic E-state index is 0.00958. The summed E-state index contributed by atoms with van der Waals surface area (Å²) in [5.74, 6) is 1.15. The number of unbranched alkanes of at least 4 members (excludes halogenated alkanes) is 1. The van der Waals surface area contributed by atoms with Gasteiger partial charge in [-0.15, -0.1) is 0 Å². The van der Waals surface area contributed by atoms with Crippen LogP contribution in [0.25, 0.3) is 0 Å². The van der Waals surface area contributed by atoms with E-state index in [2.05, 4.69) is 143 Å². The first kappa shape index (κ1) is 108. The maximum Gasteiger partial charge on any atom is 0.324 e. The van der Waals surface area contributed by atoms with Crippen molar-refractivity contribution < 1.29 is 67.5 Å². The minimum Gasteiger partial charge on any atom is -0.395 e. The van der Waals surface area contributed by atoms with Gasteiger partial charge in [-0.1, -0.05) is 31.5 Å². The highest BCUT2D eigenvalue weighted by Crippen LogP contribution is 2.29. The maximum absolute atomic E-state index is 12.9. The van der Waals surface area contributed by atoms with E-state index in [1.54, 1.807) is 12.0 Å². The standard InChI is InChI=1S/C18H29N3O.C13H27N3O2.C13H24N2O2.C13H26N2O2.C11H22N2O3.C11H22N2O2.C10H20N2O2/c1-4-5-11-21(17-9-7-6-8-10-17)18(22)20-14-12-19(13-15-20)16(2)3;1-11(2)14-5-7-15(8-6-14)13(18)16(9-10-17)12(3)4;1-11(2)14-5-7-15(8-6-14)13(16)10-17-9-12-3-4-12;1-11(2)14-6-8-15(9-7-14)12(16)10-17-13(3,4)5;1-10(2)12-3-5-13(6-4-12)11(15)9-16-8-7-14;1-8(2)12-11(14)10-7-13(9(3)4)5-6-15-10;1-9(2)11-4-6-12(7-5-11)10(13)8-14-3/h6-10,16H,4-5,11-15H2,1-3H3;11-12,17H,5-10H2,1-4H3;11-12H,3-10H2,1-2H3;11H,6-10H2,1-5H3;10,14H,3-9H2,1-2H3;8-10H,5-7H2,1-4H3,(H,12,14);9H,4-8H2,1-3H3. The van der Waals surface area contributed by atoms with Gasteiger partial charge in [0.2, 0.25) is 23.6 Å². The maximum atomic E-state index is 12.9. The zero-order valence-corrected chi connectivity index (χ0v) is 78.7. The molecule has 1 saturated carbocycles. The summed E-state index contributed by atoms with van der Waals surface area (Å²) in [6, 6.07) is 14.4. The number of benzene rings is 1. The zero-order chi connectivity index (χ0) is 88.9. The lowest BCUT2D eigenvalue weighted by molar-refractivity contribution is -0.143. The average molecular weight is 1690 g/mol. The van der Waals surface area contributed by atoms with Gasteiger partial charge >= 0.3 is 12.1 Å². The van der Waals surface area contributed by atoms with Crippen molar-refractivity contribution in [1.82, 2.24) is 73.9 Å². The Morgan fingerprint density at radius 2 is 0.815 bits per heavy atom. The van der Waals surface area contributed by atoms with Crippen molar-refractivity contribution in [2.75, 3.05) is 255 Å². The molecule has 0 radical (unpaired) electrons. The van der Waals surface area contributed by atoms with Crippen molar-refractivity contribution in [3.63, 3.8) is 0 Å². The number of piperazine rings is 6. The molecule has 0 bridgehead atoms. The Labute approximate surface area is 720 Å². The van der Waals surface area contributed by atoms with Gasteiger partial charge in [-0.3, -0.25) is 63.2 Å². The van der Waals surface area contributed by atoms with Crippen molar-refractivity contribution in [3.05, 3.63) is 30.3 Å². The van der Waals surface area contributed by atoms with Gasteiger partial charge < -0.3 is 73.5 Å². The van der Waals surface area contributed by atoms with E-state index >= 15 is 0 Å². The summed E-state index contributed by atoms with van der Waals surface area (Å²) in [7, 11) is 1.56. The number of rotatable bonds is 28. The fourth-order valence-electron chi connectivity index (χ4n) is 14.4. The number of carbonyl (C=O) groups excluding carboxylic acids is 7. The number of aliphatic hydroxyl groups excluding tert-OH is 2. The van der Waals surface area contributed by atoms with Crippen molar-refractivity contribution in [2.24, 2.45) is 5.92 Å². The smallest absolute Gasteiger partial charge is 0.324 e. The molecular weight excluding hydrogens is 1520 g/mol. The second-order valence-electron chi connectivity index (χ2n) is 35.9. The molecule has 8 aliphatic rings. The number of amides is 9. The number of para-hydroxylation sites is 1. The van der Waals surface area contributed by atoms with Gasteiger partial charge in [0, 0.05) is 250 Å². The quantitative estimate of drug-likeness (QED) is 0.0717. The summed E-state index contributed by atoms with van der Waals surface area (Å²) >= 11 is 0. The Morgan fingerprint density at radius 3 is 1.14 bits per heavy atom. The number of carbonyl (C=O) groups is 7. The van der Waals surface area contributed by atoms with Crippen molar-refractivity contribution >= 4 is 47.3 Å². The van der Waals surface area contributed by atoms with Crippen LogP contribution in [-0.2, 0) is 47.7 Å². The van der Waals surface area contributed by atoms with Crippen LogP contribution in [0.2, 0.25) is 0 Å². The molecule has 119 heavy (non-hydrogen) atoms. The molecular formula is C89H170N16O14. The predicted octanol–water partition coefficient (Wildman–Crippen LogP) is 6.95. The molecule has 690 valence electrons. The first-order chi connectivity index (χ1) is 56.4. The number of anilines is 1. The van der Waals surface area contributed by atoms with E-state index in [0.29, 0.717) is 62.0 Å². The second kappa shape index (κ2) is 58.6. The van der Waals surface area contributed by atoms with E-state index in [4.69, 9.17) is 33.9 Å². The predicted molar refractivity (Wildman–Crippen MR) is 477 cm³/mol. The topological polar surface area (TPSA) is 267 Å². The number of aliphatic hydroxyl groups is 2. The number of morpholine rings is 1. The molecule has 7 heterocycles. The van der Waals surface area contributed by atoms with Crippen LogP contribution >= 0.6 is 0 Å². The van der Waals surface area contributed by atoms with Gasteiger partial charge in [0.15, 0.2) is 0 Å². The molecule has 9 amide bonds. The number of hydrogen-bond acceptors (Lipinski definition) is 21. The van der Waals surface area contributed by atoms with Crippen LogP contribution in [0.1, 0.15) is 178 Å². The molecule has 30 nitrogen and oxygen atoms in total. The summed E-state index contributed by atoms with van der Waals surface area (Å²) in [5, 5.41) is 20.4. The second-order valence-corrected chi connectivity index (χ2v) is 35.9. The Bertz CT molecular complexity index is 2900. The molecule has 9 rings (SSSR count). The van der Waals surface area contributed by atoms with Crippen LogP contribution in [0.15, 0.2) is 30.3 Å². The van der Waals surface area contributed by atoms with E-state index in [0.717, 1.165) is 201 Å². The molecule has 1 aromatic rings. The molecule has 0 aromatic heterocycles. The normalized spacial score (nSPS) is 19.1. The van der Waals surface area contributed by atoms with E-state index < -0.39 is 0 Å². The molecule has 1 atom stereocenters. The van der Waals surface area contributed by atoms with Crippen molar-refractivity contribution in [2.45, 2.75) is 244 Å². The van der Waals surface area contributed by atoms with Gasteiger partial charge in [0.05, 0.1) is 38.6 Å². The molecule has 1 aliphatic carbocycles. The third-order valence-electron chi connectivity index (χ3n) is 22.6. The molecule has 7 saturated heterocycles. The van der Waals surface area contributed by atoms with E-state index in [9.17, 15) is 33.6 Å². The van der Waals surface area contributed by atoms with E-state index in [1.807, 2.05) is 113 Å². The first-order valence-electron chi connectivity index (χ1n) is 45.2. The van der Waals surface area contributed by atoms with Crippen LogP contribution in [0.4, 0.5) is 15.3 Å². The summed E-state index contributed by atoms with van der Waals surface area (Å²) < 4.78 is 26.3. The summed E-state index contributed by atoms with van der Waals surface area (Å²) in [5.41, 5.74) is 0.766. The SMILES string of the molecule is CC(C)N1CCN(C(=O)COC(C)(C)C)CC1.CC(C)N1CCN(C(=O)COCC2CC2)CC1.CC(C)N1CCN(C(=O)COCCO)CC1.CC(C)N1CCN(C(=O)N(CCO)C(C)C)CC1.CC(C)NC(=O)C1CN(C(C)C)CCO1.CCCCN(C(=O)N1CCN(C(C)C)CC1)c1ccccc1.COCC(=O)N1CCN(C(C)C)CC1. The number of hydrogen-bond donors (Lipinski definition) is 3. The average Bonchev–Trinajstić information content (AvgIpc) is 1.78. The highest BCUT2D eigenvalue weighted by molar-refractivity contribution is 5.92. The van der Waals surface area contributed by atoms with Gasteiger partial charge in [-0.2, -0.15) is 0 Å². The molecule has 1 unspecified atom stereocenters. The Balaban J connectivity index is 0.000000360. The number of ether oxygens (including phenoxy) is 5. The van der Waals surface area contributed by atoms with Crippen LogP contribution < -0.4 is 10.2 Å². The highest BCUT2D eigenvalue weighted by Gasteiger charge is 2.33. The van der Waals surface area contributed by atoms with E-state index in [1.165, 1.54) is 12.8 Å². The fourth-order valence-corrected chi connectivity index (χ4v) is 14.4. The molecule has 1 aromatic carbocycles. The lowest BCUT2D eigenvalue weighted by Gasteiger charge is -2.40. The number of nitrogens with one attached hydrogen (secondary N) is 1. The van der Waals surface area contributed by atoms with Crippen LogP contribution in [0, 0.1) is 5.92 Å². The summed E-state index contributed by atoms with van der Waals surface area (Å²) in [4.78, 5) is 116. The summed E-state index contributed by atoms with van der Waals surface area (Å²) in [6.07, 6.45) is 4.39. The molecule has 8 fully saturated rings. The fraction of sp³-hybridized carbons (Fsp3) is 0.854. The van der Waals surface area contributed by atoms with E-state index in [-0.39, 0.29) is 112 Å². The lowest BCUT2D eigenvalue weighted by Crippen LogP contribution is -2.55. The lowest BCUT2D eigenvalue weighted by atomic mass is 10.2. The number of nitrogens with zero attached hydrogens (tertiary/aromatic N) is 15. The van der Waals surface area contributed by atoms with Crippen molar-refractivity contribution in [3.8, 4) is 0 Å². The van der Waals surface area contributed by atoms with Crippen LogP contribution in [0.3, 0.4) is 0 Å². The molecule has 7 aliphatic heterocycles. The number of urea groups is 2. The molecule has 30 heteroatoms. The van der Waals surface area contributed by atoms with Crippen LogP contribution in [-0.4, -0.2) is 436 Å². The molecule has 0 spiro atoms.